The summed E-state index contributed by atoms with van der Waals surface area (Å²) >= 11 is 0. The van der Waals surface area contributed by atoms with Crippen LogP contribution in [0.2, 0.25) is 0 Å². The number of ether oxygens (including phenoxy) is 1. The van der Waals surface area contributed by atoms with Crippen molar-refractivity contribution in [2.75, 3.05) is 18.1 Å². The van der Waals surface area contributed by atoms with Gasteiger partial charge in [-0.2, -0.15) is 0 Å². The number of morpholine rings is 1. The van der Waals surface area contributed by atoms with Gasteiger partial charge < -0.3 is 9.84 Å². The van der Waals surface area contributed by atoms with Gasteiger partial charge in [0.25, 0.3) is 11.8 Å². The van der Waals surface area contributed by atoms with Gasteiger partial charge in [0, 0.05) is 6.08 Å². The Hall–Kier alpha value is -2.47. The van der Waals surface area contributed by atoms with Crippen LogP contribution < -0.4 is 4.90 Å². The Morgan fingerprint density at radius 2 is 1.95 bits per heavy atom. The summed E-state index contributed by atoms with van der Waals surface area (Å²) in [5.74, 6) is -1.93. The van der Waals surface area contributed by atoms with Crippen LogP contribution in [-0.4, -0.2) is 36.1 Å². The number of carboxylic acid groups (broad SMARTS) is 1. The zero-order valence-corrected chi connectivity index (χ0v) is 10.8. The van der Waals surface area contributed by atoms with Gasteiger partial charge in [0.1, 0.15) is 13.2 Å². The first-order valence-corrected chi connectivity index (χ1v) is 5.94. The van der Waals surface area contributed by atoms with Crippen LogP contribution >= 0.6 is 0 Å². The van der Waals surface area contributed by atoms with Crippen molar-refractivity contribution in [3.63, 3.8) is 0 Å². The molecule has 0 atom stereocenters. The number of benzene rings is 1. The summed E-state index contributed by atoms with van der Waals surface area (Å²) in [7, 11) is 0. The van der Waals surface area contributed by atoms with Crippen LogP contribution in [0.5, 0.6) is 0 Å². The second-order valence-corrected chi connectivity index (χ2v) is 4.33. The summed E-state index contributed by atoms with van der Waals surface area (Å²) in [4.78, 5) is 35.1. The molecule has 6 heteroatoms. The second kappa shape index (κ2) is 5.66. The predicted molar refractivity (Wildman–Crippen MR) is 71.2 cm³/mol. The van der Waals surface area contributed by atoms with Crippen molar-refractivity contribution in [2.24, 2.45) is 0 Å². The molecule has 1 fully saturated rings. The number of hydrogen-bond acceptors (Lipinski definition) is 4. The Balaban J connectivity index is 2.37. The quantitative estimate of drug-likeness (QED) is 0.656. The van der Waals surface area contributed by atoms with Crippen molar-refractivity contribution < 1.29 is 24.2 Å². The SMILES string of the molecule is Cc1ccc(N2C(=O)COCC2=O)cc1C=CC(=O)O. The molecule has 1 heterocycles. The van der Waals surface area contributed by atoms with Crippen molar-refractivity contribution in [3.05, 3.63) is 35.4 Å². The standard InChI is InChI=1S/C14H13NO5/c1-9-2-4-11(6-10(9)3-5-14(18)19)15-12(16)7-20-8-13(15)17/h2-6H,7-8H2,1H3,(H,18,19). The minimum atomic E-state index is -1.06. The minimum Gasteiger partial charge on any atom is -0.478 e. The van der Waals surface area contributed by atoms with E-state index in [2.05, 4.69) is 0 Å². The topological polar surface area (TPSA) is 83.9 Å². The van der Waals surface area contributed by atoms with Crippen LogP contribution in [0.1, 0.15) is 11.1 Å². The maximum Gasteiger partial charge on any atom is 0.328 e. The lowest BCUT2D eigenvalue weighted by Crippen LogP contribution is -2.46. The fourth-order valence-electron chi connectivity index (χ4n) is 1.89. The van der Waals surface area contributed by atoms with Crippen LogP contribution in [0.3, 0.4) is 0 Å². The van der Waals surface area contributed by atoms with E-state index in [4.69, 9.17) is 9.84 Å². The molecule has 0 radical (unpaired) electrons. The average Bonchev–Trinajstić information content (AvgIpc) is 2.38. The third-order valence-electron chi connectivity index (χ3n) is 2.88. The molecule has 104 valence electrons. The maximum atomic E-state index is 11.7. The molecule has 0 aromatic heterocycles. The van der Waals surface area contributed by atoms with Crippen LogP contribution in [-0.2, 0) is 19.1 Å². The summed E-state index contributed by atoms with van der Waals surface area (Å²) in [5, 5.41) is 8.65. The number of carbonyl (C=O) groups excluding carboxylic acids is 2. The maximum absolute atomic E-state index is 11.7. The van der Waals surface area contributed by atoms with Crippen molar-refractivity contribution in [3.8, 4) is 0 Å². The molecule has 1 aliphatic rings. The van der Waals surface area contributed by atoms with E-state index in [-0.39, 0.29) is 13.2 Å². The number of hydrogen-bond donors (Lipinski definition) is 1. The summed E-state index contributed by atoms with van der Waals surface area (Å²) in [6, 6.07) is 4.98. The van der Waals surface area contributed by atoms with Crippen molar-refractivity contribution in [1.82, 2.24) is 0 Å². The van der Waals surface area contributed by atoms with E-state index in [1.54, 1.807) is 18.2 Å². The van der Waals surface area contributed by atoms with E-state index in [1.807, 2.05) is 6.92 Å². The first kappa shape index (κ1) is 14.0. The second-order valence-electron chi connectivity index (χ2n) is 4.33. The molecule has 1 saturated heterocycles. The average molecular weight is 275 g/mol. The van der Waals surface area contributed by atoms with E-state index in [9.17, 15) is 14.4 Å². The lowest BCUT2D eigenvalue weighted by Gasteiger charge is -2.25. The highest BCUT2D eigenvalue weighted by Crippen LogP contribution is 2.22. The molecular formula is C14H13NO5. The Morgan fingerprint density at radius 3 is 2.55 bits per heavy atom. The first-order valence-electron chi connectivity index (χ1n) is 5.94. The zero-order chi connectivity index (χ0) is 14.7. The Kier molecular flexibility index (Phi) is 3.95. The van der Waals surface area contributed by atoms with Crippen molar-refractivity contribution >= 4 is 29.5 Å². The van der Waals surface area contributed by atoms with Gasteiger partial charge in [-0.05, 0) is 36.3 Å². The highest BCUT2D eigenvalue weighted by atomic mass is 16.5. The Morgan fingerprint density at radius 1 is 1.30 bits per heavy atom. The molecule has 2 rings (SSSR count). The molecule has 1 aliphatic heterocycles. The number of aliphatic carboxylic acids is 1. The number of nitrogens with zero attached hydrogens (tertiary/aromatic N) is 1. The monoisotopic (exact) mass is 275 g/mol. The summed E-state index contributed by atoms with van der Waals surface area (Å²) in [6.45, 7) is 1.54. The fraction of sp³-hybridized carbons (Fsp3) is 0.214. The van der Waals surface area contributed by atoms with Gasteiger partial charge >= 0.3 is 5.97 Å². The molecule has 6 nitrogen and oxygen atoms in total. The molecule has 0 saturated carbocycles. The van der Waals surface area contributed by atoms with Crippen molar-refractivity contribution in [1.29, 1.82) is 0 Å². The predicted octanol–water partition coefficient (Wildman–Crippen LogP) is 0.983. The smallest absolute Gasteiger partial charge is 0.328 e. The van der Waals surface area contributed by atoms with Gasteiger partial charge in [0.15, 0.2) is 0 Å². The molecule has 1 aromatic rings. The lowest BCUT2D eigenvalue weighted by atomic mass is 10.1. The number of carbonyl (C=O) groups is 3. The molecule has 0 unspecified atom stereocenters. The molecule has 20 heavy (non-hydrogen) atoms. The number of imide groups is 1. The van der Waals surface area contributed by atoms with Crippen LogP contribution in [0.25, 0.3) is 6.08 Å². The molecule has 0 spiro atoms. The van der Waals surface area contributed by atoms with Gasteiger partial charge in [0.2, 0.25) is 0 Å². The molecular weight excluding hydrogens is 262 g/mol. The summed E-state index contributed by atoms with van der Waals surface area (Å²) in [5.41, 5.74) is 1.90. The third-order valence-corrected chi connectivity index (χ3v) is 2.88. The third kappa shape index (κ3) is 2.92. The number of rotatable bonds is 3. The van der Waals surface area contributed by atoms with Gasteiger partial charge in [-0.15, -0.1) is 0 Å². The van der Waals surface area contributed by atoms with Crippen LogP contribution in [0, 0.1) is 6.92 Å². The van der Waals surface area contributed by atoms with Gasteiger partial charge in [-0.1, -0.05) is 6.07 Å². The number of aryl methyl sites for hydroxylation is 1. The van der Waals surface area contributed by atoms with E-state index in [1.165, 1.54) is 6.08 Å². The van der Waals surface area contributed by atoms with E-state index >= 15 is 0 Å². The number of amides is 2. The molecule has 2 amide bonds. The normalized spacial score (nSPS) is 15.9. The minimum absolute atomic E-state index is 0.139. The lowest BCUT2D eigenvalue weighted by molar-refractivity contribution is -0.138. The van der Waals surface area contributed by atoms with Crippen LogP contribution in [0.15, 0.2) is 24.3 Å². The Labute approximate surface area is 115 Å². The summed E-state index contributed by atoms with van der Waals surface area (Å²) < 4.78 is 4.85. The van der Waals surface area contributed by atoms with Gasteiger partial charge in [-0.25, -0.2) is 9.69 Å². The van der Waals surface area contributed by atoms with E-state index < -0.39 is 17.8 Å². The van der Waals surface area contributed by atoms with Crippen molar-refractivity contribution in [2.45, 2.75) is 6.92 Å². The molecule has 0 bridgehead atoms. The molecule has 1 aromatic carbocycles. The highest BCUT2D eigenvalue weighted by molar-refractivity contribution is 6.17. The Bertz CT molecular complexity index is 590. The summed E-state index contributed by atoms with van der Waals surface area (Å²) in [6.07, 6.45) is 2.44. The largest absolute Gasteiger partial charge is 0.478 e. The number of anilines is 1. The van der Waals surface area contributed by atoms with E-state index in [0.29, 0.717) is 11.3 Å². The number of carboxylic acids is 1. The van der Waals surface area contributed by atoms with Gasteiger partial charge in [-0.3, -0.25) is 9.59 Å². The van der Waals surface area contributed by atoms with Gasteiger partial charge in [0.05, 0.1) is 5.69 Å². The first-order chi connectivity index (χ1) is 9.49. The fourth-order valence-corrected chi connectivity index (χ4v) is 1.89. The highest BCUT2D eigenvalue weighted by Gasteiger charge is 2.28. The van der Waals surface area contributed by atoms with E-state index in [0.717, 1.165) is 16.5 Å². The molecule has 0 aliphatic carbocycles. The molecule has 1 N–H and O–H groups in total. The van der Waals surface area contributed by atoms with Crippen LogP contribution in [0.4, 0.5) is 5.69 Å². The zero-order valence-electron chi connectivity index (χ0n) is 10.8.